The second kappa shape index (κ2) is 8.48. The molecular formula is C17H20ClN3O4S. The van der Waals surface area contributed by atoms with Gasteiger partial charge in [-0.15, -0.1) is 0 Å². The molecule has 0 spiro atoms. The Bertz CT molecular complexity index is 883. The third kappa shape index (κ3) is 5.98. The Morgan fingerprint density at radius 1 is 1.12 bits per heavy atom. The van der Waals surface area contributed by atoms with Gasteiger partial charge in [-0.3, -0.25) is 10.1 Å². The van der Waals surface area contributed by atoms with Gasteiger partial charge in [0.05, 0.1) is 21.4 Å². The van der Waals surface area contributed by atoms with E-state index in [1.807, 2.05) is 12.1 Å². The van der Waals surface area contributed by atoms with Crippen molar-refractivity contribution >= 4 is 33.0 Å². The summed E-state index contributed by atoms with van der Waals surface area (Å²) < 4.78 is 26.4. The van der Waals surface area contributed by atoms with Crippen molar-refractivity contribution in [1.82, 2.24) is 4.72 Å². The number of sulfonamides is 1. The van der Waals surface area contributed by atoms with Crippen LogP contribution in [-0.2, 0) is 22.3 Å². The maximum Gasteiger partial charge on any atom is 0.271 e. The lowest BCUT2D eigenvalue weighted by atomic mass is 10.1. The van der Waals surface area contributed by atoms with Crippen LogP contribution in [0, 0.1) is 10.1 Å². The van der Waals surface area contributed by atoms with Crippen LogP contribution >= 0.6 is 11.6 Å². The fourth-order valence-electron chi connectivity index (χ4n) is 2.33. The van der Waals surface area contributed by atoms with E-state index in [0.717, 1.165) is 5.56 Å². The number of nitrogens with zero attached hydrogens (tertiary/aromatic N) is 1. The van der Waals surface area contributed by atoms with Gasteiger partial charge in [0.1, 0.15) is 0 Å². The van der Waals surface area contributed by atoms with Gasteiger partial charge in [0, 0.05) is 24.7 Å². The Hall–Kier alpha value is -2.16. The van der Waals surface area contributed by atoms with Gasteiger partial charge in [-0.05, 0) is 31.0 Å². The number of anilines is 1. The zero-order valence-corrected chi connectivity index (χ0v) is 16.0. The van der Waals surface area contributed by atoms with Crippen LogP contribution in [0.1, 0.15) is 25.0 Å². The number of hydrogen-bond donors (Lipinski definition) is 2. The molecule has 0 radical (unpaired) electrons. The summed E-state index contributed by atoms with van der Waals surface area (Å²) in [4.78, 5) is 10.2. The lowest BCUT2D eigenvalue weighted by molar-refractivity contribution is -0.384. The van der Waals surface area contributed by atoms with E-state index in [-0.39, 0.29) is 22.5 Å². The van der Waals surface area contributed by atoms with Crippen LogP contribution in [0.3, 0.4) is 0 Å². The highest BCUT2D eigenvalue weighted by molar-refractivity contribution is 7.88. The summed E-state index contributed by atoms with van der Waals surface area (Å²) in [5.74, 6) is -0.0763. The molecule has 0 unspecified atom stereocenters. The van der Waals surface area contributed by atoms with Gasteiger partial charge in [0.25, 0.3) is 5.69 Å². The van der Waals surface area contributed by atoms with Crippen molar-refractivity contribution in [2.75, 3.05) is 5.32 Å². The average molecular weight is 398 g/mol. The summed E-state index contributed by atoms with van der Waals surface area (Å²) in [5.41, 5.74) is 2.14. The Labute approximate surface area is 157 Å². The lowest BCUT2D eigenvalue weighted by Gasteiger charge is -2.11. The summed E-state index contributed by atoms with van der Waals surface area (Å²) in [6.07, 6.45) is 0. The number of non-ortho nitro benzene ring substituents is 1. The van der Waals surface area contributed by atoms with Crippen molar-refractivity contribution < 1.29 is 13.3 Å². The van der Waals surface area contributed by atoms with E-state index in [0.29, 0.717) is 17.8 Å². The quantitative estimate of drug-likeness (QED) is 0.522. The average Bonchev–Trinajstić information content (AvgIpc) is 2.53. The lowest BCUT2D eigenvalue weighted by Crippen LogP contribution is -2.31. The Balaban J connectivity index is 1.98. The molecule has 0 aliphatic carbocycles. The molecule has 2 rings (SSSR count). The molecule has 0 aromatic heterocycles. The first-order chi connectivity index (χ1) is 12.2. The van der Waals surface area contributed by atoms with E-state index < -0.39 is 14.9 Å². The monoisotopic (exact) mass is 397 g/mol. The number of rotatable bonds is 8. The molecule has 0 bridgehead atoms. The summed E-state index contributed by atoms with van der Waals surface area (Å²) in [6, 6.07) is 11.2. The van der Waals surface area contributed by atoms with Crippen molar-refractivity contribution in [2.45, 2.75) is 32.2 Å². The van der Waals surface area contributed by atoms with E-state index in [4.69, 9.17) is 11.6 Å². The third-order valence-corrected chi connectivity index (χ3v) is 5.30. The summed E-state index contributed by atoms with van der Waals surface area (Å²) in [6.45, 7) is 4.00. The number of benzene rings is 2. The van der Waals surface area contributed by atoms with Gasteiger partial charge in [0.15, 0.2) is 0 Å². The molecule has 2 N–H and O–H groups in total. The molecule has 0 saturated carbocycles. The fraction of sp³-hybridized carbons (Fsp3) is 0.294. The first kappa shape index (κ1) is 20.2. The van der Waals surface area contributed by atoms with Crippen molar-refractivity contribution in [3.05, 3.63) is 68.7 Å². The third-order valence-electron chi connectivity index (χ3n) is 3.44. The van der Waals surface area contributed by atoms with Crippen molar-refractivity contribution in [3.63, 3.8) is 0 Å². The molecule has 2 aromatic rings. The number of nitrogens with one attached hydrogen (secondary N) is 2. The van der Waals surface area contributed by atoms with E-state index in [1.165, 1.54) is 12.1 Å². The highest BCUT2D eigenvalue weighted by Gasteiger charge is 2.13. The minimum Gasteiger partial charge on any atom is -0.380 e. The smallest absolute Gasteiger partial charge is 0.271 e. The van der Waals surface area contributed by atoms with Crippen LogP contribution < -0.4 is 10.0 Å². The van der Waals surface area contributed by atoms with E-state index in [2.05, 4.69) is 10.0 Å². The minimum absolute atomic E-state index is 0.0684. The zero-order chi connectivity index (χ0) is 19.3. The largest absolute Gasteiger partial charge is 0.380 e. The molecule has 26 heavy (non-hydrogen) atoms. The van der Waals surface area contributed by atoms with Crippen molar-refractivity contribution in [3.8, 4) is 0 Å². The Morgan fingerprint density at radius 3 is 2.27 bits per heavy atom. The van der Waals surface area contributed by atoms with Crippen molar-refractivity contribution in [1.29, 1.82) is 0 Å². The van der Waals surface area contributed by atoms with Gasteiger partial charge < -0.3 is 5.32 Å². The molecule has 0 aliphatic rings. The molecule has 0 fully saturated rings. The minimum atomic E-state index is -3.36. The van der Waals surface area contributed by atoms with Gasteiger partial charge in [-0.2, -0.15) is 0 Å². The van der Waals surface area contributed by atoms with Gasteiger partial charge >= 0.3 is 0 Å². The second-order valence-corrected chi connectivity index (χ2v) is 8.28. The highest BCUT2D eigenvalue weighted by atomic mass is 35.5. The zero-order valence-electron chi connectivity index (χ0n) is 14.4. The fourth-order valence-corrected chi connectivity index (χ4v) is 4.01. The Kier molecular flexibility index (Phi) is 6.57. The van der Waals surface area contributed by atoms with E-state index in [1.54, 1.807) is 32.0 Å². The van der Waals surface area contributed by atoms with Gasteiger partial charge in [-0.1, -0.05) is 35.9 Å². The normalized spacial score (nSPS) is 11.5. The number of nitro groups is 1. The maximum absolute atomic E-state index is 11.9. The topological polar surface area (TPSA) is 101 Å². The van der Waals surface area contributed by atoms with Crippen LogP contribution in [0.4, 0.5) is 11.4 Å². The van der Waals surface area contributed by atoms with E-state index in [9.17, 15) is 18.5 Å². The summed E-state index contributed by atoms with van der Waals surface area (Å²) in [7, 11) is -3.36. The molecular weight excluding hydrogens is 378 g/mol. The van der Waals surface area contributed by atoms with E-state index >= 15 is 0 Å². The van der Waals surface area contributed by atoms with Crippen LogP contribution in [0.2, 0.25) is 5.02 Å². The second-order valence-electron chi connectivity index (χ2n) is 6.12. The van der Waals surface area contributed by atoms with Crippen LogP contribution in [0.5, 0.6) is 0 Å². The number of hydrogen-bond acceptors (Lipinski definition) is 5. The van der Waals surface area contributed by atoms with Crippen LogP contribution in [0.25, 0.3) is 0 Å². The molecule has 140 valence electrons. The molecule has 0 saturated heterocycles. The predicted molar refractivity (Wildman–Crippen MR) is 103 cm³/mol. The predicted octanol–water partition coefficient (Wildman–Crippen LogP) is 3.69. The summed E-state index contributed by atoms with van der Waals surface area (Å²) in [5, 5.41) is 14.1. The highest BCUT2D eigenvalue weighted by Crippen LogP contribution is 2.27. The van der Waals surface area contributed by atoms with Crippen LogP contribution in [0.15, 0.2) is 42.5 Å². The SMILES string of the molecule is CC(C)NS(=O)(=O)Cc1ccc(CNc2ccc([N+](=O)[O-])cc2Cl)cc1. The Morgan fingerprint density at radius 2 is 1.73 bits per heavy atom. The summed E-state index contributed by atoms with van der Waals surface area (Å²) >= 11 is 6.04. The molecule has 9 heteroatoms. The first-order valence-electron chi connectivity index (χ1n) is 7.92. The van der Waals surface area contributed by atoms with Gasteiger partial charge in [0.2, 0.25) is 10.0 Å². The van der Waals surface area contributed by atoms with Crippen LogP contribution in [-0.4, -0.2) is 19.4 Å². The first-order valence-corrected chi connectivity index (χ1v) is 9.95. The standard InChI is InChI=1S/C17H20ClN3O4S/c1-12(2)20-26(24,25)11-14-5-3-13(4-6-14)10-19-17-8-7-15(21(22)23)9-16(17)18/h3-9,12,19-20H,10-11H2,1-2H3. The molecule has 0 heterocycles. The molecule has 7 nitrogen and oxygen atoms in total. The molecule has 0 aliphatic heterocycles. The number of nitro benzene ring substituents is 1. The number of halogens is 1. The van der Waals surface area contributed by atoms with Gasteiger partial charge in [-0.25, -0.2) is 13.1 Å². The maximum atomic E-state index is 11.9. The molecule has 2 aromatic carbocycles. The molecule has 0 atom stereocenters. The van der Waals surface area contributed by atoms with Crippen molar-refractivity contribution in [2.24, 2.45) is 0 Å². The molecule has 0 amide bonds.